The molecule has 3 amide bonds. The number of nitrogens with one attached hydrogen (secondary N) is 3. The van der Waals surface area contributed by atoms with Gasteiger partial charge in [0.15, 0.2) is 5.82 Å². The highest BCUT2D eigenvalue weighted by Crippen LogP contribution is 2.23. The fraction of sp³-hybridized carbons (Fsp3) is 0.321. The van der Waals surface area contributed by atoms with Crippen LogP contribution in [-0.4, -0.2) is 71.9 Å². The lowest BCUT2D eigenvalue weighted by atomic mass is 10.1. The molecule has 0 unspecified atom stereocenters. The van der Waals surface area contributed by atoms with E-state index in [1.807, 2.05) is 42.5 Å². The summed E-state index contributed by atoms with van der Waals surface area (Å²) in [5, 5.41) is 8.49. The number of piperazine rings is 1. The zero-order valence-corrected chi connectivity index (χ0v) is 21.7. The summed E-state index contributed by atoms with van der Waals surface area (Å²) in [6.07, 6.45) is 0.936. The summed E-state index contributed by atoms with van der Waals surface area (Å²) >= 11 is 0. The molecule has 10 nitrogen and oxygen atoms in total. The minimum Gasteiger partial charge on any atom is -0.368 e. The molecular formula is C28H33N7O3. The number of amides is 3. The van der Waals surface area contributed by atoms with E-state index in [0.717, 1.165) is 12.0 Å². The smallest absolute Gasteiger partial charge is 0.315 e. The van der Waals surface area contributed by atoms with Crippen molar-refractivity contribution in [1.82, 2.24) is 20.2 Å². The van der Waals surface area contributed by atoms with Crippen LogP contribution in [0.25, 0.3) is 11.4 Å². The highest BCUT2D eigenvalue weighted by molar-refractivity contribution is 6.39. The minimum atomic E-state index is -0.741. The fourth-order valence-electron chi connectivity index (χ4n) is 4.33. The highest BCUT2D eigenvalue weighted by Gasteiger charge is 2.27. The van der Waals surface area contributed by atoms with Gasteiger partial charge in [0.1, 0.15) is 11.6 Å². The van der Waals surface area contributed by atoms with Crippen LogP contribution in [0.2, 0.25) is 0 Å². The standard InChI is InChI=1S/C28H33N7O3/c1-3-21-9-7-8-12-23(21)34-15-17-35(18-16-34)28(38)27(37)33-25-19-24(30-14-13-29-20(2)36)31-26(32-25)22-10-5-4-6-11-22/h4-12,19H,3,13-18H2,1-2H3,(H,29,36)(H2,30,31,32,33,37). The first kappa shape index (κ1) is 26.6. The maximum absolute atomic E-state index is 13.0. The van der Waals surface area contributed by atoms with Gasteiger partial charge in [-0.1, -0.05) is 55.5 Å². The molecule has 1 aromatic heterocycles. The molecule has 38 heavy (non-hydrogen) atoms. The van der Waals surface area contributed by atoms with E-state index in [9.17, 15) is 14.4 Å². The number of para-hydroxylation sites is 1. The Morgan fingerprint density at radius 2 is 1.55 bits per heavy atom. The average Bonchev–Trinajstić information content (AvgIpc) is 2.95. The van der Waals surface area contributed by atoms with Crippen molar-refractivity contribution >= 4 is 35.0 Å². The number of carbonyl (C=O) groups is 3. The largest absolute Gasteiger partial charge is 0.368 e. The number of rotatable bonds is 8. The van der Waals surface area contributed by atoms with Crippen LogP contribution in [0.1, 0.15) is 19.4 Å². The average molecular weight is 516 g/mol. The van der Waals surface area contributed by atoms with Gasteiger partial charge >= 0.3 is 11.8 Å². The first-order valence-electron chi connectivity index (χ1n) is 12.8. The Labute approximate surface area is 222 Å². The van der Waals surface area contributed by atoms with Crippen LogP contribution >= 0.6 is 0 Å². The predicted molar refractivity (Wildman–Crippen MR) is 148 cm³/mol. The number of aromatic nitrogens is 2. The van der Waals surface area contributed by atoms with E-state index >= 15 is 0 Å². The number of nitrogens with zero attached hydrogens (tertiary/aromatic N) is 4. The molecule has 1 saturated heterocycles. The maximum atomic E-state index is 13.0. The van der Waals surface area contributed by atoms with E-state index in [1.54, 1.807) is 11.0 Å². The van der Waals surface area contributed by atoms with E-state index in [4.69, 9.17) is 0 Å². The third kappa shape index (κ3) is 6.84. The SMILES string of the molecule is CCc1ccccc1N1CCN(C(=O)C(=O)Nc2cc(NCCNC(C)=O)nc(-c3ccccc3)n2)CC1. The fourth-order valence-corrected chi connectivity index (χ4v) is 4.33. The van der Waals surface area contributed by atoms with Crippen molar-refractivity contribution in [3.63, 3.8) is 0 Å². The number of anilines is 3. The van der Waals surface area contributed by atoms with Gasteiger partial charge in [-0.2, -0.15) is 0 Å². The molecule has 10 heteroatoms. The molecule has 0 aliphatic carbocycles. The topological polar surface area (TPSA) is 120 Å². The van der Waals surface area contributed by atoms with Crippen LogP contribution in [0.5, 0.6) is 0 Å². The molecule has 3 N–H and O–H groups in total. The van der Waals surface area contributed by atoms with Crippen LogP contribution in [0.4, 0.5) is 17.3 Å². The Bertz CT molecular complexity index is 1270. The molecule has 1 aliphatic heterocycles. The van der Waals surface area contributed by atoms with Crippen molar-refractivity contribution in [1.29, 1.82) is 0 Å². The normalized spacial score (nSPS) is 13.1. The monoisotopic (exact) mass is 515 g/mol. The zero-order chi connectivity index (χ0) is 26.9. The second-order valence-electron chi connectivity index (χ2n) is 8.95. The van der Waals surface area contributed by atoms with Crippen LogP contribution in [0.3, 0.4) is 0 Å². The quantitative estimate of drug-likeness (QED) is 0.312. The second kappa shape index (κ2) is 12.7. The van der Waals surface area contributed by atoms with Crippen molar-refractivity contribution in [3.8, 4) is 11.4 Å². The summed E-state index contributed by atoms with van der Waals surface area (Å²) < 4.78 is 0. The third-order valence-corrected chi connectivity index (χ3v) is 6.28. The molecule has 0 bridgehead atoms. The summed E-state index contributed by atoms with van der Waals surface area (Å²) in [6, 6.07) is 19.2. The molecule has 198 valence electrons. The van der Waals surface area contributed by atoms with Gasteiger partial charge in [0.2, 0.25) is 5.91 Å². The Morgan fingerprint density at radius 1 is 0.868 bits per heavy atom. The molecule has 3 aromatic rings. The predicted octanol–water partition coefficient (Wildman–Crippen LogP) is 2.54. The molecule has 0 spiro atoms. The molecule has 1 aliphatic rings. The number of benzene rings is 2. The molecule has 0 atom stereocenters. The zero-order valence-electron chi connectivity index (χ0n) is 21.7. The number of hydrogen-bond donors (Lipinski definition) is 3. The molecular weight excluding hydrogens is 482 g/mol. The molecule has 0 radical (unpaired) electrons. The first-order chi connectivity index (χ1) is 18.4. The van der Waals surface area contributed by atoms with E-state index in [-0.39, 0.29) is 11.7 Å². The van der Waals surface area contributed by atoms with Gasteiger partial charge in [0.05, 0.1) is 0 Å². The molecule has 4 rings (SSSR count). The van der Waals surface area contributed by atoms with E-state index in [0.29, 0.717) is 50.9 Å². The summed E-state index contributed by atoms with van der Waals surface area (Å²) in [6.45, 7) is 6.65. The van der Waals surface area contributed by atoms with E-state index < -0.39 is 11.8 Å². The lowest BCUT2D eigenvalue weighted by Crippen LogP contribution is -2.51. The Hall–Kier alpha value is -4.47. The Kier molecular flexibility index (Phi) is 8.86. The van der Waals surface area contributed by atoms with Gasteiger partial charge in [-0.15, -0.1) is 0 Å². The lowest BCUT2D eigenvalue weighted by molar-refractivity contribution is -0.143. The third-order valence-electron chi connectivity index (χ3n) is 6.28. The van der Waals surface area contributed by atoms with Crippen molar-refractivity contribution in [3.05, 3.63) is 66.2 Å². The van der Waals surface area contributed by atoms with Crippen LogP contribution in [0, 0.1) is 0 Å². The first-order valence-corrected chi connectivity index (χ1v) is 12.8. The van der Waals surface area contributed by atoms with Gasteiger partial charge in [-0.3, -0.25) is 14.4 Å². The summed E-state index contributed by atoms with van der Waals surface area (Å²) in [7, 11) is 0. The summed E-state index contributed by atoms with van der Waals surface area (Å²) in [5.41, 5.74) is 3.22. The van der Waals surface area contributed by atoms with Crippen LogP contribution < -0.4 is 20.9 Å². The minimum absolute atomic E-state index is 0.124. The summed E-state index contributed by atoms with van der Waals surface area (Å²) in [4.78, 5) is 49.9. The van der Waals surface area contributed by atoms with Crippen molar-refractivity contribution in [2.24, 2.45) is 0 Å². The maximum Gasteiger partial charge on any atom is 0.315 e. The van der Waals surface area contributed by atoms with Gasteiger partial charge in [0.25, 0.3) is 0 Å². The van der Waals surface area contributed by atoms with Crippen molar-refractivity contribution in [2.45, 2.75) is 20.3 Å². The van der Waals surface area contributed by atoms with Gasteiger partial charge in [0, 0.05) is 63.5 Å². The Morgan fingerprint density at radius 3 is 2.26 bits per heavy atom. The van der Waals surface area contributed by atoms with Crippen molar-refractivity contribution < 1.29 is 14.4 Å². The number of aryl methyl sites for hydroxylation is 1. The highest BCUT2D eigenvalue weighted by atomic mass is 16.2. The summed E-state index contributed by atoms with van der Waals surface area (Å²) in [5.74, 6) is -0.366. The number of carbonyl (C=O) groups excluding carboxylic acids is 3. The lowest BCUT2D eigenvalue weighted by Gasteiger charge is -2.36. The van der Waals surface area contributed by atoms with Crippen LogP contribution in [-0.2, 0) is 20.8 Å². The molecule has 2 heterocycles. The molecule has 1 fully saturated rings. The van der Waals surface area contributed by atoms with E-state index in [1.165, 1.54) is 18.2 Å². The van der Waals surface area contributed by atoms with Gasteiger partial charge in [-0.05, 0) is 18.1 Å². The van der Waals surface area contributed by atoms with Gasteiger partial charge in [-0.25, -0.2) is 9.97 Å². The van der Waals surface area contributed by atoms with Gasteiger partial charge < -0.3 is 25.8 Å². The van der Waals surface area contributed by atoms with Crippen LogP contribution in [0.15, 0.2) is 60.7 Å². The second-order valence-corrected chi connectivity index (χ2v) is 8.95. The van der Waals surface area contributed by atoms with Crippen molar-refractivity contribution in [2.75, 3.05) is 54.8 Å². The molecule has 2 aromatic carbocycles. The number of hydrogen-bond acceptors (Lipinski definition) is 7. The van der Waals surface area contributed by atoms with E-state index in [2.05, 4.69) is 49.9 Å². The molecule has 0 saturated carbocycles. The Balaban J connectivity index is 1.42.